The van der Waals surface area contributed by atoms with E-state index in [-0.39, 0.29) is 28.5 Å². The summed E-state index contributed by atoms with van der Waals surface area (Å²) < 4.78 is 7.18. The van der Waals surface area contributed by atoms with Gasteiger partial charge in [-0.15, -0.1) is 0 Å². The Hall–Kier alpha value is -2.69. The molecule has 3 rings (SSSR count). The number of amides is 1. The van der Waals surface area contributed by atoms with Crippen molar-refractivity contribution in [2.24, 2.45) is 14.1 Å². The Morgan fingerprint density at radius 1 is 1.20 bits per heavy atom. The molecule has 0 unspecified atom stereocenters. The zero-order valence-corrected chi connectivity index (χ0v) is 18.2. The van der Waals surface area contributed by atoms with Crippen LogP contribution in [0.1, 0.15) is 0 Å². The number of hydrogen-bond acceptors (Lipinski definition) is 7. The van der Waals surface area contributed by atoms with E-state index in [0.717, 1.165) is 16.3 Å². The number of ether oxygens (including phenoxy) is 1. The molecule has 0 spiro atoms. The molecule has 30 heavy (non-hydrogen) atoms. The lowest BCUT2D eigenvalue weighted by Gasteiger charge is -2.12. The molecule has 3 aromatic rings. The average Bonchev–Trinajstić information content (AvgIpc) is 2.74. The van der Waals surface area contributed by atoms with E-state index in [2.05, 4.69) is 15.3 Å². The molecule has 158 valence electrons. The Labute approximate surface area is 181 Å². The fourth-order valence-electron chi connectivity index (χ4n) is 2.77. The number of nitrogens with zero attached hydrogens (tertiary/aromatic N) is 4. The second-order valence-corrected chi connectivity index (χ2v) is 7.74. The van der Waals surface area contributed by atoms with E-state index in [0.29, 0.717) is 28.8 Å². The number of thioether (sulfide) groups is 1. The summed E-state index contributed by atoms with van der Waals surface area (Å²) in [6, 6.07) is 7.00. The third-order valence-electron chi connectivity index (χ3n) is 4.35. The van der Waals surface area contributed by atoms with Gasteiger partial charge >= 0.3 is 5.69 Å². The number of halogens is 1. The number of rotatable bonds is 7. The fraction of sp³-hybridized carbons (Fsp3) is 0.316. The molecule has 0 atom stereocenters. The first-order valence-electron chi connectivity index (χ1n) is 8.96. The number of carbonyl (C=O) groups excluding carboxylic acids is 1. The molecule has 0 saturated carbocycles. The number of fused-ring (bicyclic) bond motifs is 1. The molecule has 0 aliphatic carbocycles. The van der Waals surface area contributed by atoms with Gasteiger partial charge in [0.25, 0.3) is 5.56 Å². The van der Waals surface area contributed by atoms with Gasteiger partial charge in [-0.2, -0.15) is 0 Å². The number of carbonyl (C=O) groups is 1. The number of benzene rings is 1. The van der Waals surface area contributed by atoms with Crippen LogP contribution in [0.5, 0.6) is 0 Å². The van der Waals surface area contributed by atoms with Gasteiger partial charge in [0.2, 0.25) is 5.91 Å². The van der Waals surface area contributed by atoms with E-state index in [4.69, 9.17) is 16.3 Å². The Balaban J connectivity index is 2.13. The van der Waals surface area contributed by atoms with Gasteiger partial charge in [0.1, 0.15) is 10.4 Å². The lowest BCUT2D eigenvalue weighted by atomic mass is 10.2. The van der Waals surface area contributed by atoms with Crippen LogP contribution >= 0.6 is 23.4 Å². The third kappa shape index (κ3) is 4.40. The van der Waals surface area contributed by atoms with E-state index in [9.17, 15) is 14.4 Å². The first-order chi connectivity index (χ1) is 14.3. The first kappa shape index (κ1) is 22.0. The van der Waals surface area contributed by atoms with Crippen molar-refractivity contribution in [1.82, 2.24) is 24.4 Å². The summed E-state index contributed by atoms with van der Waals surface area (Å²) in [5.41, 5.74) is -0.304. The van der Waals surface area contributed by atoms with Crippen molar-refractivity contribution in [3.8, 4) is 11.4 Å². The minimum absolute atomic E-state index is 0.0315. The van der Waals surface area contributed by atoms with Crippen LogP contribution in [0.3, 0.4) is 0 Å². The number of aromatic nitrogens is 4. The Morgan fingerprint density at radius 3 is 2.63 bits per heavy atom. The molecule has 1 N–H and O–H groups in total. The summed E-state index contributed by atoms with van der Waals surface area (Å²) in [6.07, 6.45) is 0. The molecular formula is C19H20ClN5O4S. The van der Waals surface area contributed by atoms with Crippen LogP contribution in [0, 0.1) is 0 Å². The minimum Gasteiger partial charge on any atom is -0.383 e. The van der Waals surface area contributed by atoms with Gasteiger partial charge in [0, 0.05) is 33.3 Å². The highest BCUT2D eigenvalue weighted by atomic mass is 35.5. The van der Waals surface area contributed by atoms with E-state index in [1.807, 2.05) is 0 Å². The quantitative estimate of drug-likeness (QED) is 0.328. The van der Waals surface area contributed by atoms with Gasteiger partial charge < -0.3 is 10.1 Å². The highest BCUT2D eigenvalue weighted by molar-refractivity contribution is 8.00. The molecular weight excluding hydrogens is 430 g/mol. The third-order valence-corrected chi connectivity index (χ3v) is 5.65. The number of aryl methyl sites for hydroxylation is 1. The monoisotopic (exact) mass is 449 g/mol. The smallest absolute Gasteiger partial charge is 0.332 e. The molecule has 0 aliphatic heterocycles. The zero-order chi connectivity index (χ0) is 21.8. The SMILES string of the molecule is COCCNC(=O)CSc1nc(-c2ccccc2Cl)nc2c1c(=O)n(C)c(=O)n2C. The van der Waals surface area contributed by atoms with Crippen molar-refractivity contribution in [2.45, 2.75) is 5.03 Å². The van der Waals surface area contributed by atoms with Crippen molar-refractivity contribution in [3.63, 3.8) is 0 Å². The van der Waals surface area contributed by atoms with Crippen molar-refractivity contribution in [1.29, 1.82) is 0 Å². The van der Waals surface area contributed by atoms with E-state index >= 15 is 0 Å². The molecule has 2 heterocycles. The normalized spacial score (nSPS) is 11.1. The first-order valence-corrected chi connectivity index (χ1v) is 10.3. The Morgan fingerprint density at radius 2 is 1.93 bits per heavy atom. The zero-order valence-electron chi connectivity index (χ0n) is 16.6. The van der Waals surface area contributed by atoms with Crippen LogP contribution < -0.4 is 16.6 Å². The summed E-state index contributed by atoms with van der Waals surface area (Å²) in [5, 5.41) is 3.62. The molecule has 0 saturated heterocycles. The van der Waals surface area contributed by atoms with Crippen LogP contribution in [-0.4, -0.2) is 51.0 Å². The lowest BCUT2D eigenvalue weighted by Crippen LogP contribution is -2.37. The maximum absolute atomic E-state index is 12.8. The topological polar surface area (TPSA) is 108 Å². The summed E-state index contributed by atoms with van der Waals surface area (Å²) >= 11 is 7.38. The van der Waals surface area contributed by atoms with Gasteiger partial charge in [-0.3, -0.25) is 18.7 Å². The number of nitrogens with one attached hydrogen (secondary N) is 1. The summed E-state index contributed by atoms with van der Waals surface area (Å²) in [6.45, 7) is 0.772. The van der Waals surface area contributed by atoms with E-state index in [1.165, 1.54) is 18.7 Å². The largest absolute Gasteiger partial charge is 0.383 e. The average molecular weight is 450 g/mol. The van der Waals surface area contributed by atoms with Crippen LogP contribution in [0.15, 0.2) is 38.9 Å². The second-order valence-electron chi connectivity index (χ2n) is 6.37. The summed E-state index contributed by atoms with van der Waals surface area (Å²) in [5.74, 6) is 0.0625. The fourth-order valence-corrected chi connectivity index (χ4v) is 3.84. The summed E-state index contributed by atoms with van der Waals surface area (Å²) in [4.78, 5) is 46.3. The maximum atomic E-state index is 12.8. The molecule has 1 aromatic carbocycles. The Bertz CT molecular complexity index is 1220. The van der Waals surface area contributed by atoms with Crippen LogP contribution in [-0.2, 0) is 23.6 Å². The molecule has 11 heteroatoms. The van der Waals surface area contributed by atoms with E-state index < -0.39 is 11.2 Å². The van der Waals surface area contributed by atoms with E-state index in [1.54, 1.807) is 31.4 Å². The minimum atomic E-state index is -0.527. The second kappa shape index (κ2) is 9.41. The molecule has 9 nitrogen and oxygen atoms in total. The van der Waals surface area contributed by atoms with Gasteiger partial charge in [0.15, 0.2) is 11.5 Å². The van der Waals surface area contributed by atoms with Crippen molar-refractivity contribution in [3.05, 3.63) is 50.1 Å². The lowest BCUT2D eigenvalue weighted by molar-refractivity contribution is -0.118. The van der Waals surface area contributed by atoms with Crippen LogP contribution in [0.25, 0.3) is 22.4 Å². The van der Waals surface area contributed by atoms with Crippen molar-refractivity contribution < 1.29 is 9.53 Å². The molecule has 0 aliphatic rings. The highest BCUT2D eigenvalue weighted by Crippen LogP contribution is 2.29. The van der Waals surface area contributed by atoms with Crippen molar-refractivity contribution in [2.75, 3.05) is 26.0 Å². The van der Waals surface area contributed by atoms with Gasteiger partial charge in [0.05, 0.1) is 17.4 Å². The maximum Gasteiger partial charge on any atom is 0.332 e. The van der Waals surface area contributed by atoms with Gasteiger partial charge in [-0.25, -0.2) is 14.8 Å². The van der Waals surface area contributed by atoms with Crippen molar-refractivity contribution >= 4 is 40.3 Å². The number of methoxy groups -OCH3 is 1. The van der Waals surface area contributed by atoms with Crippen LogP contribution in [0.4, 0.5) is 0 Å². The number of hydrogen-bond donors (Lipinski definition) is 1. The molecule has 0 fully saturated rings. The molecule has 0 bridgehead atoms. The predicted octanol–water partition coefficient (Wildman–Crippen LogP) is 1.20. The predicted molar refractivity (Wildman–Crippen MR) is 116 cm³/mol. The standard InChI is InChI=1S/C19H20ClN5O4S/c1-24-16-14(18(27)25(2)19(24)28)17(30-10-13(26)21-8-9-29-3)23-15(22-16)11-6-4-5-7-12(11)20/h4-7H,8-10H2,1-3H3,(H,21,26). The van der Waals surface area contributed by atoms with Crippen LogP contribution in [0.2, 0.25) is 5.02 Å². The van der Waals surface area contributed by atoms with Gasteiger partial charge in [-0.05, 0) is 12.1 Å². The molecule has 2 aromatic heterocycles. The molecule has 1 amide bonds. The summed E-state index contributed by atoms with van der Waals surface area (Å²) in [7, 11) is 4.46. The molecule has 0 radical (unpaired) electrons. The van der Waals surface area contributed by atoms with Gasteiger partial charge in [-0.1, -0.05) is 35.5 Å². The highest BCUT2D eigenvalue weighted by Gasteiger charge is 2.19. The Kier molecular flexibility index (Phi) is 6.91.